The first-order valence-corrected chi connectivity index (χ1v) is 9.67. The first-order valence-electron chi connectivity index (χ1n) is 8.45. The number of hydrogen-bond donors (Lipinski definition) is 2. The molecule has 0 radical (unpaired) electrons. The van der Waals surface area contributed by atoms with Crippen LogP contribution in [-0.4, -0.2) is 31.0 Å². The number of amides is 2. The van der Waals surface area contributed by atoms with Crippen LogP contribution in [0.3, 0.4) is 0 Å². The molecule has 2 atom stereocenters. The quantitative estimate of drug-likeness (QED) is 0.811. The molecule has 0 aromatic heterocycles. The SMILES string of the molecule is CSc1cc(C)ccc1CNC(=O)N[C@H]1CCO[C@@H](C2CC2)C1. The maximum Gasteiger partial charge on any atom is 0.315 e. The molecule has 1 saturated carbocycles. The van der Waals surface area contributed by atoms with E-state index in [1.54, 1.807) is 11.8 Å². The van der Waals surface area contributed by atoms with Crippen molar-refractivity contribution in [2.24, 2.45) is 5.92 Å². The Kier molecular flexibility index (Phi) is 5.49. The number of aryl methyl sites for hydroxylation is 1. The van der Waals surface area contributed by atoms with Crippen LogP contribution in [0, 0.1) is 12.8 Å². The molecule has 2 N–H and O–H groups in total. The zero-order valence-corrected chi connectivity index (χ0v) is 14.7. The Morgan fingerprint density at radius 3 is 2.91 bits per heavy atom. The van der Waals surface area contributed by atoms with E-state index in [2.05, 4.69) is 42.0 Å². The maximum absolute atomic E-state index is 12.2. The molecule has 3 rings (SSSR count). The van der Waals surface area contributed by atoms with Gasteiger partial charge in [0.05, 0.1) is 6.10 Å². The summed E-state index contributed by atoms with van der Waals surface area (Å²) in [4.78, 5) is 13.4. The van der Waals surface area contributed by atoms with Crippen LogP contribution < -0.4 is 10.6 Å². The van der Waals surface area contributed by atoms with Crippen molar-refractivity contribution in [3.63, 3.8) is 0 Å². The summed E-state index contributed by atoms with van der Waals surface area (Å²) in [6, 6.07) is 6.52. The first-order chi connectivity index (χ1) is 11.2. The molecule has 23 heavy (non-hydrogen) atoms. The number of ether oxygens (including phenoxy) is 1. The highest BCUT2D eigenvalue weighted by molar-refractivity contribution is 7.98. The van der Waals surface area contributed by atoms with Gasteiger partial charge in [0.2, 0.25) is 0 Å². The molecule has 0 spiro atoms. The topological polar surface area (TPSA) is 50.4 Å². The monoisotopic (exact) mass is 334 g/mol. The van der Waals surface area contributed by atoms with Crippen molar-refractivity contribution in [2.75, 3.05) is 12.9 Å². The average Bonchev–Trinajstić information content (AvgIpc) is 3.38. The number of rotatable bonds is 5. The number of urea groups is 1. The van der Waals surface area contributed by atoms with Gasteiger partial charge in [-0.05, 0) is 62.0 Å². The van der Waals surface area contributed by atoms with Crippen molar-refractivity contribution in [3.8, 4) is 0 Å². The minimum atomic E-state index is -0.0703. The summed E-state index contributed by atoms with van der Waals surface area (Å²) in [5, 5.41) is 6.11. The molecule has 126 valence electrons. The van der Waals surface area contributed by atoms with Gasteiger partial charge in [-0.3, -0.25) is 0 Å². The molecule has 2 amide bonds. The molecule has 1 aliphatic carbocycles. The van der Waals surface area contributed by atoms with Gasteiger partial charge in [-0.1, -0.05) is 12.1 Å². The second-order valence-electron chi connectivity index (χ2n) is 6.61. The average molecular weight is 334 g/mol. The third-order valence-corrected chi connectivity index (χ3v) is 5.50. The lowest BCUT2D eigenvalue weighted by atomic mass is 10.0. The molecule has 1 aromatic rings. The highest BCUT2D eigenvalue weighted by atomic mass is 32.2. The predicted octanol–water partition coefficient (Wildman–Crippen LogP) is 3.47. The molecule has 1 heterocycles. The number of carbonyl (C=O) groups is 1. The fourth-order valence-electron chi connectivity index (χ4n) is 3.17. The molecule has 0 bridgehead atoms. The second-order valence-corrected chi connectivity index (χ2v) is 7.46. The lowest BCUT2D eigenvalue weighted by Gasteiger charge is -2.30. The minimum absolute atomic E-state index is 0.0703. The summed E-state index contributed by atoms with van der Waals surface area (Å²) in [7, 11) is 0. The van der Waals surface area contributed by atoms with Crippen LogP contribution >= 0.6 is 11.8 Å². The predicted molar refractivity (Wildman–Crippen MR) is 93.8 cm³/mol. The van der Waals surface area contributed by atoms with E-state index in [4.69, 9.17) is 4.74 Å². The summed E-state index contributed by atoms with van der Waals surface area (Å²) >= 11 is 1.72. The van der Waals surface area contributed by atoms with Crippen LogP contribution in [0.5, 0.6) is 0 Å². The highest BCUT2D eigenvalue weighted by Crippen LogP contribution is 2.38. The van der Waals surface area contributed by atoms with Crippen molar-refractivity contribution in [1.29, 1.82) is 0 Å². The molecule has 1 aliphatic heterocycles. The fourth-order valence-corrected chi connectivity index (χ4v) is 3.87. The van der Waals surface area contributed by atoms with Gasteiger partial charge in [0.25, 0.3) is 0 Å². The van der Waals surface area contributed by atoms with Gasteiger partial charge in [-0.15, -0.1) is 11.8 Å². The molecular weight excluding hydrogens is 308 g/mol. The van der Waals surface area contributed by atoms with Gasteiger partial charge in [0, 0.05) is 24.1 Å². The summed E-state index contributed by atoms with van der Waals surface area (Å²) in [5.74, 6) is 0.736. The summed E-state index contributed by atoms with van der Waals surface area (Å²) in [6.07, 6.45) is 6.87. The van der Waals surface area contributed by atoms with Crippen molar-refractivity contribution in [1.82, 2.24) is 10.6 Å². The smallest absolute Gasteiger partial charge is 0.315 e. The van der Waals surface area contributed by atoms with Gasteiger partial charge in [0.1, 0.15) is 0 Å². The van der Waals surface area contributed by atoms with Gasteiger partial charge >= 0.3 is 6.03 Å². The number of hydrogen-bond acceptors (Lipinski definition) is 3. The Labute approximate surface area is 142 Å². The van der Waals surface area contributed by atoms with Gasteiger partial charge in [0.15, 0.2) is 0 Å². The van der Waals surface area contributed by atoms with E-state index in [0.717, 1.165) is 25.4 Å². The van der Waals surface area contributed by atoms with Crippen LogP contribution in [0.1, 0.15) is 36.8 Å². The van der Waals surface area contributed by atoms with E-state index >= 15 is 0 Å². The Bertz CT molecular complexity index is 560. The fraction of sp³-hybridized carbons (Fsp3) is 0.611. The highest BCUT2D eigenvalue weighted by Gasteiger charge is 2.36. The molecule has 5 heteroatoms. The van der Waals surface area contributed by atoms with E-state index in [1.807, 2.05) is 0 Å². The van der Waals surface area contributed by atoms with E-state index in [0.29, 0.717) is 12.6 Å². The first kappa shape index (κ1) is 16.7. The Morgan fingerprint density at radius 2 is 2.17 bits per heavy atom. The molecular formula is C18H26N2O2S. The third kappa shape index (κ3) is 4.64. The number of benzene rings is 1. The number of thioether (sulfide) groups is 1. The van der Waals surface area contributed by atoms with Crippen LogP contribution in [0.4, 0.5) is 4.79 Å². The van der Waals surface area contributed by atoms with E-state index in [9.17, 15) is 4.79 Å². The van der Waals surface area contributed by atoms with Gasteiger partial charge in [-0.2, -0.15) is 0 Å². The zero-order chi connectivity index (χ0) is 16.2. The molecule has 2 aliphatic rings. The largest absolute Gasteiger partial charge is 0.378 e. The lowest BCUT2D eigenvalue weighted by molar-refractivity contribution is -0.00914. The minimum Gasteiger partial charge on any atom is -0.378 e. The second kappa shape index (κ2) is 7.58. The van der Waals surface area contributed by atoms with Crippen molar-refractivity contribution in [2.45, 2.75) is 56.2 Å². The zero-order valence-electron chi connectivity index (χ0n) is 13.9. The van der Waals surface area contributed by atoms with E-state index in [1.165, 1.54) is 28.9 Å². The Hall–Kier alpha value is -1.20. The maximum atomic E-state index is 12.2. The van der Waals surface area contributed by atoms with E-state index < -0.39 is 0 Å². The summed E-state index contributed by atoms with van der Waals surface area (Å²) in [5.41, 5.74) is 2.41. The Balaban J connectivity index is 1.47. The van der Waals surface area contributed by atoms with Gasteiger partial charge in [-0.25, -0.2) is 4.79 Å². The molecule has 2 fully saturated rings. The molecule has 1 aromatic carbocycles. The molecule has 0 unspecified atom stereocenters. The van der Waals surface area contributed by atoms with Crippen LogP contribution in [-0.2, 0) is 11.3 Å². The third-order valence-electron chi connectivity index (χ3n) is 4.68. The normalized spacial score (nSPS) is 24.3. The number of nitrogens with one attached hydrogen (secondary N) is 2. The number of carbonyl (C=O) groups excluding carboxylic acids is 1. The van der Waals surface area contributed by atoms with Crippen LogP contribution in [0.2, 0.25) is 0 Å². The summed E-state index contributed by atoms with van der Waals surface area (Å²) in [6.45, 7) is 3.42. The standard InChI is InChI=1S/C18H26N2O2S/c1-12-3-4-14(17(9-12)23-2)11-19-18(21)20-15-7-8-22-16(10-15)13-5-6-13/h3-4,9,13,15-16H,5-8,10-11H2,1-2H3,(H2,19,20,21)/t15-,16+/m0/s1. The van der Waals surface area contributed by atoms with Crippen molar-refractivity contribution in [3.05, 3.63) is 29.3 Å². The Morgan fingerprint density at radius 1 is 1.35 bits per heavy atom. The summed E-state index contributed by atoms with van der Waals surface area (Å²) < 4.78 is 5.81. The van der Waals surface area contributed by atoms with E-state index in [-0.39, 0.29) is 12.1 Å². The van der Waals surface area contributed by atoms with Crippen LogP contribution in [0.25, 0.3) is 0 Å². The lowest BCUT2D eigenvalue weighted by Crippen LogP contribution is -2.46. The van der Waals surface area contributed by atoms with Crippen molar-refractivity contribution < 1.29 is 9.53 Å². The van der Waals surface area contributed by atoms with Crippen molar-refractivity contribution >= 4 is 17.8 Å². The molecule has 4 nitrogen and oxygen atoms in total. The van der Waals surface area contributed by atoms with Gasteiger partial charge < -0.3 is 15.4 Å². The van der Waals surface area contributed by atoms with Crippen LogP contribution in [0.15, 0.2) is 23.1 Å². The molecule has 1 saturated heterocycles.